The Hall–Kier alpha value is -0.830. The molecule has 1 aromatic heterocycles. The molecule has 0 aliphatic carbocycles. The van der Waals surface area contributed by atoms with Gasteiger partial charge in [-0.05, 0) is 25.9 Å². The second kappa shape index (κ2) is 5.75. The van der Waals surface area contributed by atoms with Gasteiger partial charge >= 0.3 is 0 Å². The van der Waals surface area contributed by atoms with E-state index in [0.29, 0.717) is 0 Å². The van der Waals surface area contributed by atoms with Crippen molar-refractivity contribution in [2.75, 3.05) is 13.1 Å². The number of hydrogen-bond acceptors (Lipinski definition) is 2. The van der Waals surface area contributed by atoms with Gasteiger partial charge in [-0.1, -0.05) is 13.8 Å². The molecule has 1 aromatic rings. The van der Waals surface area contributed by atoms with Crippen LogP contribution in [0.1, 0.15) is 32.4 Å². The van der Waals surface area contributed by atoms with E-state index in [9.17, 15) is 0 Å². The van der Waals surface area contributed by atoms with Crippen LogP contribution in [-0.2, 0) is 6.54 Å². The molecule has 0 aromatic carbocycles. The van der Waals surface area contributed by atoms with Crippen molar-refractivity contribution in [3.05, 3.63) is 18.2 Å². The van der Waals surface area contributed by atoms with Crippen LogP contribution in [0.5, 0.6) is 0 Å². The molecule has 0 amide bonds. The molecule has 0 radical (unpaired) electrons. The molecule has 0 saturated carbocycles. The predicted molar refractivity (Wildman–Crippen MR) is 54.4 cm³/mol. The highest BCUT2D eigenvalue weighted by atomic mass is 15.1. The summed E-state index contributed by atoms with van der Waals surface area (Å²) in [6.45, 7) is 7.78. The third-order valence-electron chi connectivity index (χ3n) is 2.03. The van der Waals surface area contributed by atoms with Crippen LogP contribution in [-0.4, -0.2) is 28.0 Å². The summed E-state index contributed by atoms with van der Waals surface area (Å²) in [7, 11) is 0. The van der Waals surface area contributed by atoms with Gasteiger partial charge in [-0.3, -0.25) is 4.90 Å². The van der Waals surface area contributed by atoms with Crippen molar-refractivity contribution in [1.29, 1.82) is 0 Å². The monoisotopic (exact) mass is 181 g/mol. The first-order valence-electron chi connectivity index (χ1n) is 5.06. The Morgan fingerprint density at radius 2 is 2.00 bits per heavy atom. The summed E-state index contributed by atoms with van der Waals surface area (Å²) < 4.78 is 0. The Morgan fingerprint density at radius 3 is 2.46 bits per heavy atom. The van der Waals surface area contributed by atoms with Crippen LogP contribution < -0.4 is 0 Å². The Balaban J connectivity index is 2.37. The van der Waals surface area contributed by atoms with Crippen molar-refractivity contribution in [3.8, 4) is 0 Å². The molecule has 1 heterocycles. The lowest BCUT2D eigenvalue weighted by Crippen LogP contribution is -2.24. The number of nitrogens with one attached hydrogen (secondary N) is 1. The fraction of sp³-hybridized carbons (Fsp3) is 0.700. The number of hydrogen-bond donors (Lipinski definition) is 1. The normalized spacial score (nSPS) is 11.0. The number of H-pyrrole nitrogens is 1. The second-order valence-corrected chi connectivity index (χ2v) is 3.35. The van der Waals surface area contributed by atoms with Crippen molar-refractivity contribution in [1.82, 2.24) is 14.9 Å². The molecule has 0 spiro atoms. The van der Waals surface area contributed by atoms with Crippen molar-refractivity contribution in [2.24, 2.45) is 0 Å². The summed E-state index contributed by atoms with van der Waals surface area (Å²) in [4.78, 5) is 9.60. The van der Waals surface area contributed by atoms with Gasteiger partial charge < -0.3 is 4.98 Å². The second-order valence-electron chi connectivity index (χ2n) is 3.35. The molecule has 13 heavy (non-hydrogen) atoms. The van der Waals surface area contributed by atoms with Gasteiger partial charge in [0.1, 0.15) is 0 Å². The maximum absolute atomic E-state index is 4.01. The van der Waals surface area contributed by atoms with Gasteiger partial charge in [0.15, 0.2) is 0 Å². The minimum absolute atomic E-state index is 1.00. The van der Waals surface area contributed by atoms with E-state index >= 15 is 0 Å². The minimum atomic E-state index is 1.00. The summed E-state index contributed by atoms with van der Waals surface area (Å²) in [5.74, 6) is 0. The Morgan fingerprint density at radius 1 is 1.31 bits per heavy atom. The molecular weight excluding hydrogens is 162 g/mol. The fourth-order valence-corrected chi connectivity index (χ4v) is 1.51. The van der Waals surface area contributed by atoms with Crippen molar-refractivity contribution >= 4 is 0 Å². The molecule has 0 atom stereocenters. The molecule has 74 valence electrons. The molecule has 3 nitrogen and oxygen atoms in total. The maximum Gasteiger partial charge on any atom is 0.0922 e. The van der Waals surface area contributed by atoms with Crippen molar-refractivity contribution < 1.29 is 0 Å². The average molecular weight is 181 g/mol. The van der Waals surface area contributed by atoms with Crippen LogP contribution in [0, 0.1) is 0 Å². The number of aromatic amines is 1. The van der Waals surface area contributed by atoms with E-state index < -0.39 is 0 Å². The van der Waals surface area contributed by atoms with Crippen LogP contribution in [0.2, 0.25) is 0 Å². The maximum atomic E-state index is 4.01. The summed E-state index contributed by atoms with van der Waals surface area (Å²) in [5.41, 5.74) is 1.21. The molecule has 0 aliphatic rings. The summed E-state index contributed by atoms with van der Waals surface area (Å²) in [6.07, 6.45) is 6.08. The first-order valence-corrected chi connectivity index (χ1v) is 5.06. The van der Waals surface area contributed by atoms with Gasteiger partial charge in [0.25, 0.3) is 0 Å². The van der Waals surface area contributed by atoms with Gasteiger partial charge in [0.05, 0.1) is 6.33 Å². The van der Waals surface area contributed by atoms with Crippen LogP contribution in [0.3, 0.4) is 0 Å². The number of rotatable bonds is 6. The third-order valence-corrected chi connectivity index (χ3v) is 2.03. The molecule has 0 unspecified atom stereocenters. The predicted octanol–water partition coefficient (Wildman–Crippen LogP) is 2.03. The lowest BCUT2D eigenvalue weighted by Gasteiger charge is -2.19. The Bertz CT molecular complexity index is 200. The van der Waals surface area contributed by atoms with Gasteiger partial charge in [-0.2, -0.15) is 0 Å². The summed E-state index contributed by atoms with van der Waals surface area (Å²) in [6, 6.07) is 0. The van der Waals surface area contributed by atoms with E-state index in [1.165, 1.54) is 31.6 Å². The van der Waals surface area contributed by atoms with E-state index in [1.54, 1.807) is 6.33 Å². The highest BCUT2D eigenvalue weighted by molar-refractivity contribution is 4.93. The first kappa shape index (κ1) is 10.3. The Kier molecular flexibility index (Phi) is 4.54. The number of imidazole rings is 1. The summed E-state index contributed by atoms with van der Waals surface area (Å²) >= 11 is 0. The van der Waals surface area contributed by atoms with Crippen molar-refractivity contribution in [3.63, 3.8) is 0 Å². The van der Waals surface area contributed by atoms with E-state index in [2.05, 4.69) is 28.7 Å². The fourth-order valence-electron chi connectivity index (χ4n) is 1.51. The summed E-state index contributed by atoms with van der Waals surface area (Å²) in [5, 5.41) is 0. The van der Waals surface area contributed by atoms with Crippen LogP contribution >= 0.6 is 0 Å². The first-order chi connectivity index (χ1) is 6.36. The van der Waals surface area contributed by atoms with Gasteiger partial charge in [-0.25, -0.2) is 4.98 Å². The topological polar surface area (TPSA) is 31.9 Å². The smallest absolute Gasteiger partial charge is 0.0922 e. The minimum Gasteiger partial charge on any atom is -0.347 e. The van der Waals surface area contributed by atoms with Crippen LogP contribution in [0.25, 0.3) is 0 Å². The zero-order valence-electron chi connectivity index (χ0n) is 8.58. The van der Waals surface area contributed by atoms with Gasteiger partial charge in [0.2, 0.25) is 0 Å². The molecule has 0 fully saturated rings. The number of aromatic nitrogens is 2. The molecular formula is C10H19N3. The standard InChI is InChI=1S/C10H19N3/c1-3-5-13(6-4-2)8-10-7-11-9-12-10/h7,9H,3-6,8H2,1-2H3,(H,11,12). The van der Waals surface area contributed by atoms with Gasteiger partial charge in [-0.15, -0.1) is 0 Å². The molecule has 0 saturated heterocycles. The molecule has 0 aliphatic heterocycles. The van der Waals surface area contributed by atoms with E-state index in [-0.39, 0.29) is 0 Å². The highest BCUT2D eigenvalue weighted by Crippen LogP contribution is 2.01. The van der Waals surface area contributed by atoms with Crippen molar-refractivity contribution in [2.45, 2.75) is 33.2 Å². The average Bonchev–Trinajstić information content (AvgIpc) is 2.58. The number of nitrogens with zero attached hydrogens (tertiary/aromatic N) is 2. The lowest BCUT2D eigenvalue weighted by atomic mass is 10.3. The molecule has 0 bridgehead atoms. The zero-order valence-corrected chi connectivity index (χ0v) is 8.58. The molecule has 1 N–H and O–H groups in total. The highest BCUT2D eigenvalue weighted by Gasteiger charge is 2.03. The third kappa shape index (κ3) is 3.59. The Labute approximate surface area is 80.2 Å². The molecule has 3 heteroatoms. The van der Waals surface area contributed by atoms with Crippen LogP contribution in [0.15, 0.2) is 12.5 Å². The quantitative estimate of drug-likeness (QED) is 0.728. The van der Waals surface area contributed by atoms with E-state index in [4.69, 9.17) is 0 Å². The van der Waals surface area contributed by atoms with E-state index in [0.717, 1.165) is 6.54 Å². The van der Waals surface area contributed by atoms with Gasteiger partial charge in [0, 0.05) is 18.4 Å². The largest absolute Gasteiger partial charge is 0.347 e. The zero-order chi connectivity index (χ0) is 9.52. The van der Waals surface area contributed by atoms with E-state index in [1.807, 2.05) is 6.20 Å². The van der Waals surface area contributed by atoms with Crippen LogP contribution in [0.4, 0.5) is 0 Å². The lowest BCUT2D eigenvalue weighted by molar-refractivity contribution is 0.264. The molecule has 1 rings (SSSR count). The SMILES string of the molecule is CCCN(CCC)Cc1cnc[nH]1.